The molecular weight excluding hydrogens is 264 g/mol. The van der Waals surface area contributed by atoms with Gasteiger partial charge in [0.05, 0.1) is 11.9 Å². The number of aromatic nitrogens is 6. The van der Waals surface area contributed by atoms with Crippen molar-refractivity contribution in [2.45, 2.75) is 0 Å². The zero-order chi connectivity index (χ0) is 13.2. The highest BCUT2D eigenvalue weighted by atomic mass is 35.5. The normalized spacial score (nSPS) is 10.6. The van der Waals surface area contributed by atoms with E-state index < -0.39 is 0 Å². The Hall–Kier alpha value is -2.34. The first kappa shape index (κ1) is 11.7. The van der Waals surface area contributed by atoms with Crippen LogP contribution in [0, 0.1) is 0 Å². The summed E-state index contributed by atoms with van der Waals surface area (Å²) < 4.78 is 1.70. The summed E-state index contributed by atoms with van der Waals surface area (Å²) in [4.78, 5) is 16.6. The van der Waals surface area contributed by atoms with Crippen LogP contribution in [0.1, 0.15) is 0 Å². The van der Waals surface area contributed by atoms with Gasteiger partial charge in [-0.15, -0.1) is 0 Å². The third kappa shape index (κ3) is 2.43. The molecule has 0 spiro atoms. The standard InChI is InChI=1S/C12H9ClN6/c1-19-6-8(5-16-19)10-4-11(13)18-12(17-10)9-2-3-14-7-15-9/h2-7H,1H3. The summed E-state index contributed by atoms with van der Waals surface area (Å²) in [5.74, 6) is 0.466. The monoisotopic (exact) mass is 272 g/mol. The molecule has 19 heavy (non-hydrogen) atoms. The fourth-order valence-electron chi connectivity index (χ4n) is 1.66. The van der Waals surface area contributed by atoms with E-state index in [1.54, 1.807) is 29.2 Å². The second kappa shape index (κ2) is 4.74. The van der Waals surface area contributed by atoms with Crippen LogP contribution in [0.5, 0.6) is 0 Å². The average molecular weight is 273 g/mol. The summed E-state index contributed by atoms with van der Waals surface area (Å²) in [6.45, 7) is 0. The van der Waals surface area contributed by atoms with Gasteiger partial charge in [-0.2, -0.15) is 5.10 Å². The highest BCUT2D eigenvalue weighted by Crippen LogP contribution is 2.22. The predicted octanol–water partition coefficient (Wildman–Crippen LogP) is 1.99. The predicted molar refractivity (Wildman–Crippen MR) is 70.3 cm³/mol. The number of hydrogen-bond acceptors (Lipinski definition) is 5. The maximum atomic E-state index is 6.03. The van der Waals surface area contributed by atoms with Crippen LogP contribution in [-0.4, -0.2) is 29.7 Å². The zero-order valence-electron chi connectivity index (χ0n) is 10.0. The lowest BCUT2D eigenvalue weighted by molar-refractivity contribution is 0.768. The van der Waals surface area contributed by atoms with Crippen molar-refractivity contribution in [1.29, 1.82) is 0 Å². The molecule has 6 nitrogen and oxygen atoms in total. The molecule has 0 amide bonds. The van der Waals surface area contributed by atoms with Crippen molar-refractivity contribution >= 4 is 11.6 Å². The zero-order valence-corrected chi connectivity index (χ0v) is 10.8. The molecule has 7 heteroatoms. The molecule has 0 atom stereocenters. The van der Waals surface area contributed by atoms with E-state index in [1.807, 2.05) is 13.2 Å². The van der Waals surface area contributed by atoms with Gasteiger partial charge in [0.15, 0.2) is 5.82 Å². The summed E-state index contributed by atoms with van der Waals surface area (Å²) in [7, 11) is 1.84. The molecular formula is C12H9ClN6. The van der Waals surface area contributed by atoms with Gasteiger partial charge in [-0.05, 0) is 6.07 Å². The number of halogens is 1. The molecule has 0 aliphatic rings. The maximum Gasteiger partial charge on any atom is 0.180 e. The lowest BCUT2D eigenvalue weighted by Crippen LogP contribution is -1.94. The average Bonchev–Trinajstić information content (AvgIpc) is 2.86. The van der Waals surface area contributed by atoms with E-state index in [0.717, 1.165) is 5.56 Å². The van der Waals surface area contributed by atoms with E-state index in [4.69, 9.17) is 11.6 Å². The lowest BCUT2D eigenvalue weighted by atomic mass is 10.2. The van der Waals surface area contributed by atoms with Crippen LogP contribution in [-0.2, 0) is 7.05 Å². The van der Waals surface area contributed by atoms with E-state index in [0.29, 0.717) is 22.4 Å². The Labute approximate surface area is 114 Å². The second-order valence-electron chi connectivity index (χ2n) is 3.90. The molecule has 0 aromatic carbocycles. The number of nitrogens with zero attached hydrogens (tertiary/aromatic N) is 6. The summed E-state index contributed by atoms with van der Waals surface area (Å²) in [6.07, 6.45) is 6.67. The van der Waals surface area contributed by atoms with Crippen LogP contribution in [0.15, 0.2) is 37.1 Å². The van der Waals surface area contributed by atoms with Gasteiger partial charge in [0, 0.05) is 31.1 Å². The summed E-state index contributed by atoms with van der Waals surface area (Å²) in [5.41, 5.74) is 2.21. The first-order chi connectivity index (χ1) is 9.22. The minimum atomic E-state index is 0.363. The van der Waals surface area contributed by atoms with Crippen LogP contribution >= 0.6 is 11.6 Å². The number of aryl methyl sites for hydroxylation is 1. The molecule has 3 rings (SSSR count). The van der Waals surface area contributed by atoms with Crippen molar-refractivity contribution in [3.05, 3.63) is 42.2 Å². The van der Waals surface area contributed by atoms with Gasteiger partial charge < -0.3 is 0 Å². The van der Waals surface area contributed by atoms with Crippen molar-refractivity contribution in [2.75, 3.05) is 0 Å². The van der Waals surface area contributed by atoms with Gasteiger partial charge >= 0.3 is 0 Å². The minimum absolute atomic E-state index is 0.363. The molecule has 0 fully saturated rings. The molecule has 3 aromatic heterocycles. The van der Waals surface area contributed by atoms with Crippen LogP contribution < -0.4 is 0 Å². The van der Waals surface area contributed by atoms with Crippen LogP contribution in [0.3, 0.4) is 0 Å². The Morgan fingerprint density at radius 1 is 1.21 bits per heavy atom. The summed E-state index contributed by atoms with van der Waals surface area (Å²) in [6, 6.07) is 3.43. The third-order valence-electron chi connectivity index (χ3n) is 2.51. The lowest BCUT2D eigenvalue weighted by Gasteiger charge is -2.02. The van der Waals surface area contributed by atoms with Gasteiger partial charge in [-0.1, -0.05) is 11.6 Å². The highest BCUT2D eigenvalue weighted by molar-refractivity contribution is 6.29. The minimum Gasteiger partial charge on any atom is -0.275 e. The van der Waals surface area contributed by atoms with Crippen molar-refractivity contribution in [3.8, 4) is 22.8 Å². The van der Waals surface area contributed by atoms with Gasteiger partial charge in [0.1, 0.15) is 17.2 Å². The second-order valence-corrected chi connectivity index (χ2v) is 4.28. The Kier molecular flexibility index (Phi) is 2.92. The molecule has 0 aliphatic heterocycles. The van der Waals surface area contributed by atoms with Gasteiger partial charge in [-0.25, -0.2) is 19.9 Å². The summed E-state index contributed by atoms with van der Waals surface area (Å²) >= 11 is 6.03. The maximum absolute atomic E-state index is 6.03. The topological polar surface area (TPSA) is 69.4 Å². The molecule has 0 saturated heterocycles. The van der Waals surface area contributed by atoms with Crippen LogP contribution in [0.4, 0.5) is 0 Å². The quantitative estimate of drug-likeness (QED) is 0.667. The van der Waals surface area contributed by atoms with Crippen molar-refractivity contribution < 1.29 is 0 Å². The molecule has 94 valence electrons. The smallest absolute Gasteiger partial charge is 0.180 e. The fraction of sp³-hybridized carbons (Fsp3) is 0.0833. The first-order valence-electron chi connectivity index (χ1n) is 5.52. The first-order valence-corrected chi connectivity index (χ1v) is 5.90. The molecule has 3 heterocycles. The van der Waals surface area contributed by atoms with Gasteiger partial charge in [0.25, 0.3) is 0 Å². The Morgan fingerprint density at radius 2 is 2.11 bits per heavy atom. The van der Waals surface area contributed by atoms with E-state index in [1.165, 1.54) is 6.33 Å². The Morgan fingerprint density at radius 3 is 2.79 bits per heavy atom. The molecule has 0 saturated carbocycles. The third-order valence-corrected chi connectivity index (χ3v) is 2.70. The molecule has 0 N–H and O–H groups in total. The molecule has 0 bridgehead atoms. The van der Waals surface area contributed by atoms with E-state index in [2.05, 4.69) is 25.0 Å². The van der Waals surface area contributed by atoms with Crippen LogP contribution in [0.25, 0.3) is 22.8 Å². The number of rotatable bonds is 2. The fourth-order valence-corrected chi connectivity index (χ4v) is 1.84. The highest BCUT2D eigenvalue weighted by Gasteiger charge is 2.09. The SMILES string of the molecule is Cn1cc(-c2cc(Cl)nc(-c3ccncn3)n2)cn1. The van der Waals surface area contributed by atoms with Crippen LogP contribution in [0.2, 0.25) is 5.15 Å². The van der Waals surface area contributed by atoms with Crippen molar-refractivity contribution in [2.24, 2.45) is 7.05 Å². The van der Waals surface area contributed by atoms with Gasteiger partial charge in [0.2, 0.25) is 0 Å². The Balaban J connectivity index is 2.11. The van der Waals surface area contributed by atoms with E-state index in [9.17, 15) is 0 Å². The molecule has 3 aromatic rings. The largest absolute Gasteiger partial charge is 0.275 e. The molecule has 0 radical (unpaired) electrons. The van der Waals surface area contributed by atoms with Crippen molar-refractivity contribution in [1.82, 2.24) is 29.7 Å². The van der Waals surface area contributed by atoms with E-state index >= 15 is 0 Å². The molecule has 0 aliphatic carbocycles. The van der Waals surface area contributed by atoms with Crippen molar-refractivity contribution in [3.63, 3.8) is 0 Å². The van der Waals surface area contributed by atoms with E-state index in [-0.39, 0.29) is 0 Å². The Bertz CT molecular complexity index is 709. The summed E-state index contributed by atoms with van der Waals surface area (Å²) in [5, 5.41) is 4.48. The van der Waals surface area contributed by atoms with Gasteiger partial charge in [-0.3, -0.25) is 4.68 Å². The molecule has 0 unspecified atom stereocenters. The number of hydrogen-bond donors (Lipinski definition) is 0.